The molecule has 1 aliphatic carbocycles. The van der Waals surface area contributed by atoms with Crippen molar-refractivity contribution in [3.05, 3.63) is 79.9 Å². The third kappa shape index (κ3) is 3.75. The van der Waals surface area contributed by atoms with Gasteiger partial charge in [0.1, 0.15) is 11.6 Å². The summed E-state index contributed by atoms with van der Waals surface area (Å²) in [5, 5.41) is 10.6. The van der Waals surface area contributed by atoms with E-state index in [0.29, 0.717) is 40.9 Å². The lowest BCUT2D eigenvalue weighted by Gasteiger charge is -2.39. The van der Waals surface area contributed by atoms with Gasteiger partial charge in [-0.15, -0.1) is 0 Å². The van der Waals surface area contributed by atoms with Gasteiger partial charge in [-0.05, 0) is 56.0 Å². The number of halogens is 3. The Morgan fingerprint density at radius 2 is 1.73 bits per heavy atom. The van der Waals surface area contributed by atoms with Gasteiger partial charge >= 0.3 is 6.18 Å². The van der Waals surface area contributed by atoms with Crippen molar-refractivity contribution in [2.45, 2.75) is 51.6 Å². The SMILES string of the molecule is Cc1cc(C)n(N2C(=O)C[C@H](c3ccc(C(F)(F)F)cc3)C3=C2CCCC3=O)c(=O)c1C#N. The van der Waals surface area contributed by atoms with Crippen molar-refractivity contribution in [3.8, 4) is 6.07 Å². The van der Waals surface area contributed by atoms with Gasteiger partial charge in [-0.3, -0.25) is 14.4 Å². The Hall–Kier alpha value is -3.67. The van der Waals surface area contributed by atoms with Crippen molar-refractivity contribution in [1.82, 2.24) is 4.68 Å². The highest BCUT2D eigenvalue weighted by Gasteiger charge is 2.41. The van der Waals surface area contributed by atoms with Crippen LogP contribution < -0.4 is 10.6 Å². The van der Waals surface area contributed by atoms with Gasteiger partial charge in [0.25, 0.3) is 5.56 Å². The van der Waals surface area contributed by atoms with E-state index in [2.05, 4.69) is 0 Å². The van der Waals surface area contributed by atoms with Crippen molar-refractivity contribution in [2.24, 2.45) is 0 Å². The standard InChI is InChI=1S/C24H20F3N3O3/c1-13-10-14(2)29(23(33)18(13)12-28)30-19-4-3-5-20(31)22(19)17(11-21(30)32)15-6-8-16(9-7-15)24(25,26)27/h6-10,17H,3-5,11H2,1-2H3/t17-/m1/s1. The highest BCUT2D eigenvalue weighted by molar-refractivity contribution is 6.04. The summed E-state index contributed by atoms with van der Waals surface area (Å²) in [6.45, 7) is 3.26. The average molecular weight is 455 g/mol. The lowest BCUT2D eigenvalue weighted by molar-refractivity contribution is -0.137. The summed E-state index contributed by atoms with van der Waals surface area (Å²) in [5.41, 5.74) is 0.495. The number of nitrogens with zero attached hydrogens (tertiary/aromatic N) is 3. The van der Waals surface area contributed by atoms with Gasteiger partial charge in [0.2, 0.25) is 5.91 Å². The molecule has 1 aromatic heterocycles. The molecule has 0 spiro atoms. The lowest BCUT2D eigenvalue weighted by Crippen LogP contribution is -2.52. The summed E-state index contributed by atoms with van der Waals surface area (Å²) in [6, 6.07) is 7.96. The van der Waals surface area contributed by atoms with E-state index in [9.17, 15) is 32.8 Å². The Morgan fingerprint density at radius 1 is 1.06 bits per heavy atom. The maximum absolute atomic E-state index is 13.3. The monoisotopic (exact) mass is 455 g/mol. The van der Waals surface area contributed by atoms with Gasteiger partial charge in [-0.25, -0.2) is 9.69 Å². The first-order valence-corrected chi connectivity index (χ1v) is 10.4. The zero-order valence-electron chi connectivity index (χ0n) is 18.0. The van der Waals surface area contributed by atoms with Crippen LogP contribution >= 0.6 is 0 Å². The zero-order chi connectivity index (χ0) is 24.1. The summed E-state index contributed by atoms with van der Waals surface area (Å²) in [5.74, 6) is -1.36. The molecule has 0 bridgehead atoms. The number of alkyl halides is 3. The van der Waals surface area contributed by atoms with E-state index < -0.39 is 29.1 Å². The van der Waals surface area contributed by atoms with Crippen molar-refractivity contribution < 1.29 is 22.8 Å². The second-order valence-corrected chi connectivity index (χ2v) is 8.29. The predicted octanol–water partition coefficient (Wildman–Crippen LogP) is 4.01. The van der Waals surface area contributed by atoms with Crippen LogP contribution in [-0.4, -0.2) is 16.4 Å². The minimum atomic E-state index is -4.49. The Morgan fingerprint density at radius 3 is 2.33 bits per heavy atom. The number of benzene rings is 1. The fourth-order valence-corrected chi connectivity index (χ4v) is 4.66. The third-order valence-electron chi connectivity index (χ3n) is 6.16. The molecule has 33 heavy (non-hydrogen) atoms. The largest absolute Gasteiger partial charge is 0.416 e. The van der Waals surface area contributed by atoms with Crippen LogP contribution in [0.4, 0.5) is 13.2 Å². The second-order valence-electron chi connectivity index (χ2n) is 8.29. The van der Waals surface area contributed by atoms with Crippen LogP contribution in [0, 0.1) is 25.2 Å². The van der Waals surface area contributed by atoms with Crippen molar-refractivity contribution in [3.63, 3.8) is 0 Å². The number of pyridine rings is 1. The minimum absolute atomic E-state index is 0.0949. The third-order valence-corrected chi connectivity index (χ3v) is 6.16. The summed E-state index contributed by atoms with van der Waals surface area (Å²) >= 11 is 0. The molecule has 2 aromatic rings. The first kappa shape index (κ1) is 22.5. The molecule has 0 saturated heterocycles. The number of nitriles is 1. The molecule has 0 unspecified atom stereocenters. The van der Waals surface area contributed by atoms with Crippen LogP contribution in [0.1, 0.15) is 59.5 Å². The van der Waals surface area contributed by atoms with Gasteiger partial charge in [-0.2, -0.15) is 18.4 Å². The number of hydrogen-bond acceptors (Lipinski definition) is 4. The van der Waals surface area contributed by atoms with E-state index in [4.69, 9.17) is 0 Å². The molecule has 9 heteroatoms. The van der Waals surface area contributed by atoms with E-state index in [0.717, 1.165) is 16.8 Å². The molecule has 2 aliphatic rings. The van der Waals surface area contributed by atoms with E-state index in [1.807, 2.05) is 6.07 Å². The van der Waals surface area contributed by atoms with Gasteiger partial charge in [0.05, 0.1) is 11.3 Å². The number of aryl methyl sites for hydroxylation is 2. The molecule has 4 rings (SSSR count). The van der Waals surface area contributed by atoms with Crippen LogP contribution in [0.2, 0.25) is 0 Å². The number of allylic oxidation sites excluding steroid dienone is 2. The molecule has 0 fully saturated rings. The number of ketones is 1. The molecule has 6 nitrogen and oxygen atoms in total. The van der Waals surface area contributed by atoms with Crippen LogP contribution in [0.15, 0.2) is 46.4 Å². The van der Waals surface area contributed by atoms with Crippen molar-refractivity contribution >= 4 is 11.7 Å². The van der Waals surface area contributed by atoms with Crippen molar-refractivity contribution in [2.75, 3.05) is 5.01 Å². The highest BCUT2D eigenvalue weighted by atomic mass is 19.4. The Labute approximate surface area is 187 Å². The Kier molecular flexibility index (Phi) is 5.48. The fourth-order valence-electron chi connectivity index (χ4n) is 4.66. The maximum Gasteiger partial charge on any atom is 0.416 e. The number of hydrogen-bond donors (Lipinski definition) is 0. The van der Waals surface area contributed by atoms with Gasteiger partial charge in [-0.1, -0.05) is 12.1 Å². The van der Waals surface area contributed by atoms with Crippen molar-refractivity contribution in [1.29, 1.82) is 5.26 Å². The fraction of sp³-hybridized carbons (Fsp3) is 0.333. The van der Waals surface area contributed by atoms with Crippen LogP contribution in [-0.2, 0) is 15.8 Å². The molecule has 0 saturated carbocycles. The smallest absolute Gasteiger partial charge is 0.294 e. The normalized spacial score (nSPS) is 18.9. The van der Waals surface area contributed by atoms with Crippen LogP contribution in [0.25, 0.3) is 0 Å². The molecule has 1 atom stereocenters. The number of Topliss-reactive ketones (excluding diaryl/α,β-unsaturated/α-hetero) is 1. The summed E-state index contributed by atoms with van der Waals surface area (Å²) in [7, 11) is 0. The van der Waals surface area contributed by atoms with E-state index in [1.54, 1.807) is 19.9 Å². The minimum Gasteiger partial charge on any atom is -0.294 e. The average Bonchev–Trinajstić information content (AvgIpc) is 2.74. The summed E-state index contributed by atoms with van der Waals surface area (Å²) < 4.78 is 40.1. The molecule has 1 aliphatic heterocycles. The zero-order valence-corrected chi connectivity index (χ0v) is 18.0. The topological polar surface area (TPSA) is 83.2 Å². The maximum atomic E-state index is 13.3. The predicted molar refractivity (Wildman–Crippen MR) is 113 cm³/mol. The first-order chi connectivity index (χ1) is 15.5. The quantitative estimate of drug-likeness (QED) is 0.685. The summed E-state index contributed by atoms with van der Waals surface area (Å²) in [4.78, 5) is 39.3. The van der Waals surface area contributed by atoms with Gasteiger partial charge in [0.15, 0.2) is 5.78 Å². The highest BCUT2D eigenvalue weighted by Crippen LogP contribution is 2.41. The molecular weight excluding hydrogens is 435 g/mol. The molecule has 0 N–H and O–H groups in total. The molecule has 2 heterocycles. The van der Waals surface area contributed by atoms with Gasteiger partial charge in [0, 0.05) is 30.0 Å². The number of rotatable bonds is 2. The van der Waals surface area contributed by atoms with Crippen LogP contribution in [0.3, 0.4) is 0 Å². The number of carbonyl (C=O) groups excluding carboxylic acids is 2. The van der Waals surface area contributed by atoms with Crippen LogP contribution in [0.5, 0.6) is 0 Å². The van der Waals surface area contributed by atoms with E-state index >= 15 is 0 Å². The molecule has 170 valence electrons. The molecular formula is C24H20F3N3O3. The lowest BCUT2D eigenvalue weighted by atomic mass is 9.77. The number of aromatic nitrogens is 1. The first-order valence-electron chi connectivity index (χ1n) is 10.4. The molecule has 0 radical (unpaired) electrons. The Bertz CT molecular complexity index is 1300. The molecule has 1 aromatic carbocycles. The summed E-state index contributed by atoms with van der Waals surface area (Å²) in [6.07, 6.45) is -3.59. The molecule has 1 amide bonds. The number of amides is 1. The second kappa shape index (κ2) is 8.03. The van der Waals surface area contributed by atoms with E-state index in [-0.39, 0.29) is 24.2 Å². The Balaban J connectivity index is 1.89. The van der Waals surface area contributed by atoms with Gasteiger partial charge < -0.3 is 0 Å². The van der Waals surface area contributed by atoms with E-state index in [1.165, 1.54) is 17.1 Å². The number of carbonyl (C=O) groups is 2.